The van der Waals surface area contributed by atoms with Crippen molar-refractivity contribution in [3.8, 4) is 0 Å². The first kappa shape index (κ1) is 17.9. The molecule has 0 saturated carbocycles. The number of aromatic nitrogens is 2. The van der Waals surface area contributed by atoms with Crippen LogP contribution >= 0.6 is 0 Å². The van der Waals surface area contributed by atoms with E-state index in [0.29, 0.717) is 11.6 Å². The van der Waals surface area contributed by atoms with Gasteiger partial charge < -0.3 is 14.8 Å². The Morgan fingerprint density at radius 3 is 2.63 bits per heavy atom. The molecular formula is C21H26N4O2. The summed E-state index contributed by atoms with van der Waals surface area (Å²) >= 11 is 0. The Morgan fingerprint density at radius 2 is 1.96 bits per heavy atom. The van der Waals surface area contributed by atoms with E-state index in [1.807, 2.05) is 4.90 Å². The number of carbonyl (C=O) groups is 1. The van der Waals surface area contributed by atoms with Crippen molar-refractivity contribution in [2.75, 3.05) is 33.2 Å². The number of likely N-dealkylation sites (tertiary alicyclic amines) is 2. The highest BCUT2D eigenvalue weighted by molar-refractivity contribution is 5.92. The predicted octanol–water partition coefficient (Wildman–Crippen LogP) is 2.11. The third-order valence-corrected chi connectivity index (χ3v) is 6.09. The second-order valence-electron chi connectivity index (χ2n) is 8.10. The van der Waals surface area contributed by atoms with Gasteiger partial charge in [-0.15, -0.1) is 0 Å². The van der Waals surface area contributed by atoms with Crippen molar-refractivity contribution in [2.24, 2.45) is 5.41 Å². The molecule has 0 bridgehead atoms. The molecule has 1 amide bonds. The van der Waals surface area contributed by atoms with Crippen molar-refractivity contribution in [3.63, 3.8) is 0 Å². The number of rotatable bonds is 2. The summed E-state index contributed by atoms with van der Waals surface area (Å²) in [5, 5.41) is 0. The van der Waals surface area contributed by atoms with Crippen LogP contribution in [0.3, 0.4) is 0 Å². The maximum atomic E-state index is 12.7. The molecule has 2 aliphatic rings. The monoisotopic (exact) mass is 366 g/mol. The molecule has 2 saturated heterocycles. The van der Waals surface area contributed by atoms with Gasteiger partial charge in [-0.3, -0.25) is 9.59 Å². The van der Waals surface area contributed by atoms with Crippen LogP contribution in [0.2, 0.25) is 0 Å². The van der Waals surface area contributed by atoms with E-state index in [1.165, 1.54) is 24.4 Å². The van der Waals surface area contributed by atoms with Crippen molar-refractivity contribution in [2.45, 2.75) is 25.2 Å². The fourth-order valence-corrected chi connectivity index (χ4v) is 4.78. The van der Waals surface area contributed by atoms with Crippen molar-refractivity contribution >= 4 is 5.91 Å². The molecule has 1 aromatic heterocycles. The van der Waals surface area contributed by atoms with Crippen molar-refractivity contribution < 1.29 is 4.79 Å². The smallest absolute Gasteiger partial charge is 0.273 e. The molecule has 6 nitrogen and oxygen atoms in total. The number of benzene rings is 1. The minimum atomic E-state index is -0.290. The van der Waals surface area contributed by atoms with E-state index in [0.717, 1.165) is 39.0 Å². The molecule has 0 aliphatic carbocycles. The molecule has 1 N–H and O–H groups in total. The molecule has 27 heavy (non-hydrogen) atoms. The lowest BCUT2D eigenvalue weighted by atomic mass is 9.68. The summed E-state index contributed by atoms with van der Waals surface area (Å²) in [6, 6.07) is 10.8. The Morgan fingerprint density at radius 1 is 1.22 bits per heavy atom. The number of hydrogen-bond acceptors (Lipinski definition) is 4. The summed E-state index contributed by atoms with van der Waals surface area (Å²) in [7, 11) is 2.21. The molecule has 2 aromatic rings. The number of amides is 1. The van der Waals surface area contributed by atoms with E-state index in [4.69, 9.17) is 0 Å². The maximum Gasteiger partial charge on any atom is 0.273 e. The van der Waals surface area contributed by atoms with Gasteiger partial charge in [-0.05, 0) is 43.2 Å². The molecule has 3 heterocycles. The van der Waals surface area contributed by atoms with E-state index in [9.17, 15) is 9.59 Å². The van der Waals surface area contributed by atoms with E-state index >= 15 is 0 Å². The molecule has 1 aromatic carbocycles. The number of carbonyl (C=O) groups excluding carboxylic acids is 1. The lowest BCUT2D eigenvalue weighted by Crippen LogP contribution is -2.51. The zero-order valence-corrected chi connectivity index (χ0v) is 15.7. The van der Waals surface area contributed by atoms with Gasteiger partial charge in [-0.2, -0.15) is 0 Å². The summed E-state index contributed by atoms with van der Waals surface area (Å²) in [5.74, 6) is 0.456. The van der Waals surface area contributed by atoms with Gasteiger partial charge >= 0.3 is 0 Å². The summed E-state index contributed by atoms with van der Waals surface area (Å²) in [6.07, 6.45) is 5.78. The molecule has 4 rings (SSSR count). The topological polar surface area (TPSA) is 69.3 Å². The zero-order chi connectivity index (χ0) is 18.9. The van der Waals surface area contributed by atoms with Crippen LogP contribution in [-0.2, 0) is 0 Å². The lowest BCUT2D eigenvalue weighted by molar-refractivity contribution is 0.0221. The summed E-state index contributed by atoms with van der Waals surface area (Å²) in [4.78, 5) is 34.6. The Bertz CT molecular complexity index is 835. The first-order chi connectivity index (χ1) is 13.0. The molecule has 1 unspecified atom stereocenters. The number of aromatic amines is 1. The number of piperidine rings is 2. The van der Waals surface area contributed by atoms with Crippen molar-refractivity contribution in [3.05, 3.63) is 64.3 Å². The maximum absolute atomic E-state index is 12.7. The highest BCUT2D eigenvalue weighted by atomic mass is 16.2. The Kier molecular flexibility index (Phi) is 4.83. The highest BCUT2D eigenvalue weighted by Gasteiger charge is 2.42. The SMILES string of the molecule is CN1CC(c2ccccc2)CC2(CCN(C(=O)c3c[nH]c(=O)cn3)CC2)C1. The zero-order valence-electron chi connectivity index (χ0n) is 15.7. The van der Waals surface area contributed by atoms with Crippen LogP contribution in [0, 0.1) is 5.41 Å². The molecule has 6 heteroatoms. The Labute approximate surface area is 159 Å². The first-order valence-corrected chi connectivity index (χ1v) is 9.62. The van der Waals surface area contributed by atoms with Crippen LogP contribution in [0.25, 0.3) is 0 Å². The number of hydrogen-bond donors (Lipinski definition) is 1. The lowest BCUT2D eigenvalue weighted by Gasteiger charge is -2.49. The quantitative estimate of drug-likeness (QED) is 0.884. The number of nitrogens with zero attached hydrogens (tertiary/aromatic N) is 3. The van der Waals surface area contributed by atoms with Gasteiger partial charge in [-0.1, -0.05) is 30.3 Å². The van der Waals surface area contributed by atoms with Crippen LogP contribution in [0.4, 0.5) is 0 Å². The molecule has 142 valence electrons. The fourth-order valence-electron chi connectivity index (χ4n) is 4.78. The van der Waals surface area contributed by atoms with Gasteiger partial charge in [0.2, 0.25) is 0 Å². The predicted molar refractivity (Wildman–Crippen MR) is 104 cm³/mol. The Balaban J connectivity index is 1.44. The minimum Gasteiger partial charge on any atom is -0.337 e. The highest BCUT2D eigenvalue weighted by Crippen LogP contribution is 2.44. The fraction of sp³-hybridized carbons (Fsp3) is 0.476. The molecule has 1 spiro atoms. The summed E-state index contributed by atoms with van der Waals surface area (Å²) in [6.45, 7) is 3.68. The van der Waals surface area contributed by atoms with E-state index in [1.54, 1.807) is 0 Å². The van der Waals surface area contributed by atoms with Crippen LogP contribution < -0.4 is 5.56 Å². The van der Waals surface area contributed by atoms with Gasteiger partial charge in [0.25, 0.3) is 11.5 Å². The molecule has 1 atom stereocenters. The van der Waals surface area contributed by atoms with Gasteiger partial charge in [0.05, 0.1) is 6.20 Å². The molecular weight excluding hydrogens is 340 g/mol. The standard InChI is InChI=1S/C21H26N4O2/c1-24-14-17(16-5-3-2-4-6-16)11-21(15-24)7-9-25(10-8-21)20(27)18-12-23-19(26)13-22-18/h2-6,12-13,17H,7-11,14-15H2,1H3,(H,23,26). The average molecular weight is 366 g/mol. The van der Waals surface area contributed by atoms with Gasteiger partial charge in [0, 0.05) is 32.4 Å². The van der Waals surface area contributed by atoms with Crippen molar-refractivity contribution in [1.29, 1.82) is 0 Å². The molecule has 2 aliphatic heterocycles. The van der Waals surface area contributed by atoms with Crippen LogP contribution in [0.5, 0.6) is 0 Å². The average Bonchev–Trinajstić information content (AvgIpc) is 2.69. The van der Waals surface area contributed by atoms with Gasteiger partial charge in [0.1, 0.15) is 5.69 Å². The number of H-pyrrole nitrogens is 1. The Hall–Kier alpha value is -2.47. The van der Waals surface area contributed by atoms with Crippen LogP contribution in [0.1, 0.15) is 41.2 Å². The third-order valence-electron chi connectivity index (χ3n) is 6.09. The van der Waals surface area contributed by atoms with E-state index in [2.05, 4.69) is 52.2 Å². The minimum absolute atomic E-state index is 0.0927. The second-order valence-corrected chi connectivity index (χ2v) is 8.10. The third kappa shape index (κ3) is 3.81. The van der Waals surface area contributed by atoms with Gasteiger partial charge in [0.15, 0.2) is 0 Å². The van der Waals surface area contributed by atoms with E-state index < -0.39 is 0 Å². The van der Waals surface area contributed by atoms with Crippen molar-refractivity contribution in [1.82, 2.24) is 19.8 Å². The normalized spacial score (nSPS) is 22.7. The number of likely N-dealkylation sites (N-methyl/N-ethyl adjacent to an activating group) is 1. The first-order valence-electron chi connectivity index (χ1n) is 9.62. The largest absolute Gasteiger partial charge is 0.337 e. The molecule has 0 radical (unpaired) electrons. The number of nitrogens with one attached hydrogen (secondary N) is 1. The van der Waals surface area contributed by atoms with Crippen LogP contribution in [-0.4, -0.2) is 58.9 Å². The van der Waals surface area contributed by atoms with E-state index in [-0.39, 0.29) is 16.9 Å². The van der Waals surface area contributed by atoms with Crippen LogP contribution in [0.15, 0.2) is 47.5 Å². The molecule has 2 fully saturated rings. The second kappa shape index (κ2) is 7.27. The van der Waals surface area contributed by atoms with Gasteiger partial charge in [-0.25, -0.2) is 4.98 Å². The summed E-state index contributed by atoms with van der Waals surface area (Å²) in [5.41, 5.74) is 1.71. The summed E-state index contributed by atoms with van der Waals surface area (Å²) < 4.78 is 0.